The number of aromatic nitrogens is 4. The molecule has 2 aliphatic heterocycles. The van der Waals surface area contributed by atoms with Gasteiger partial charge in [-0.05, 0) is 69.8 Å². The van der Waals surface area contributed by atoms with Crippen molar-refractivity contribution in [3.05, 3.63) is 140 Å². The van der Waals surface area contributed by atoms with Crippen molar-refractivity contribution in [1.82, 2.24) is 9.97 Å². The van der Waals surface area contributed by atoms with E-state index in [9.17, 15) is 0 Å². The van der Waals surface area contributed by atoms with Crippen molar-refractivity contribution in [2.45, 2.75) is 25.9 Å². The molecule has 4 nitrogen and oxygen atoms in total. The molecule has 0 fully saturated rings. The Morgan fingerprint density at radius 2 is 1.02 bits per heavy atom. The van der Waals surface area contributed by atoms with Crippen LogP contribution in [0.2, 0.25) is 0 Å². The molecule has 6 heterocycles. The van der Waals surface area contributed by atoms with Gasteiger partial charge < -0.3 is 9.97 Å². The number of aromatic amines is 2. The molecule has 6 heteroatoms. The number of pyridine rings is 2. The van der Waals surface area contributed by atoms with Crippen LogP contribution in [0, 0.1) is 0 Å². The highest BCUT2D eigenvalue weighted by atomic mass is 79.9. The third-order valence-electron chi connectivity index (χ3n) is 9.52. The molecule has 0 saturated carbocycles. The van der Waals surface area contributed by atoms with Gasteiger partial charge in [0.25, 0.3) is 0 Å². The van der Waals surface area contributed by atoms with E-state index in [0.29, 0.717) is 0 Å². The van der Waals surface area contributed by atoms with Gasteiger partial charge in [0.2, 0.25) is 11.4 Å². The average Bonchev–Trinajstić information content (AvgIpc) is 3.68. The smallest absolute Gasteiger partial charge is 0.214 e. The van der Waals surface area contributed by atoms with Gasteiger partial charge in [-0.25, -0.2) is 0 Å². The first-order valence-electron chi connectivity index (χ1n) is 15.7. The maximum Gasteiger partial charge on any atom is 0.214 e. The summed E-state index contributed by atoms with van der Waals surface area (Å²) in [5.74, 6) is 0. The van der Waals surface area contributed by atoms with E-state index in [2.05, 4.69) is 173 Å². The van der Waals surface area contributed by atoms with Crippen LogP contribution in [-0.4, -0.2) is 9.97 Å². The highest BCUT2D eigenvalue weighted by molar-refractivity contribution is 9.10. The first kappa shape index (κ1) is 27.8. The SMILES string of the molecule is Brc1ccc2[nH]cc(/C=C/c3cc[n+]4c(c3)-c3c(ccc5c3-c3cc(/C=C/c6c[nH]c7ccc(Br)cc67)cc[n+]3CC5)CC4)c2c1. The van der Waals surface area contributed by atoms with Crippen LogP contribution >= 0.6 is 31.9 Å². The Kier molecular flexibility index (Phi) is 6.68. The molecule has 0 amide bonds. The molecule has 0 spiro atoms. The molecule has 3 aromatic carbocycles. The fourth-order valence-corrected chi connectivity index (χ4v) is 7.89. The van der Waals surface area contributed by atoms with Crippen molar-refractivity contribution < 1.29 is 9.13 Å². The Morgan fingerprint density at radius 1 is 0.543 bits per heavy atom. The lowest BCUT2D eigenvalue weighted by Gasteiger charge is -2.23. The quantitative estimate of drug-likeness (QED) is 0.170. The molecular weight excluding hydrogens is 696 g/mol. The van der Waals surface area contributed by atoms with E-state index in [-0.39, 0.29) is 0 Å². The molecule has 0 radical (unpaired) electrons. The lowest BCUT2D eigenvalue weighted by atomic mass is 9.84. The number of hydrogen-bond acceptors (Lipinski definition) is 0. The molecule has 46 heavy (non-hydrogen) atoms. The molecule has 4 aromatic heterocycles. The number of hydrogen-bond donors (Lipinski definition) is 2. The molecule has 0 unspecified atom stereocenters. The molecule has 9 rings (SSSR count). The van der Waals surface area contributed by atoms with Crippen molar-refractivity contribution in [3.63, 3.8) is 0 Å². The largest absolute Gasteiger partial charge is 0.361 e. The zero-order valence-electron chi connectivity index (χ0n) is 25.0. The fraction of sp³-hybridized carbons (Fsp3) is 0.100. The van der Waals surface area contributed by atoms with Crippen molar-refractivity contribution in [3.8, 4) is 22.5 Å². The van der Waals surface area contributed by atoms with Crippen molar-refractivity contribution in [2.75, 3.05) is 0 Å². The van der Waals surface area contributed by atoms with E-state index in [1.54, 1.807) is 0 Å². The van der Waals surface area contributed by atoms with Gasteiger partial charge in [0, 0.05) is 80.3 Å². The fourth-order valence-electron chi connectivity index (χ4n) is 7.17. The van der Waals surface area contributed by atoms with Crippen LogP contribution in [0.25, 0.3) is 68.6 Å². The summed E-state index contributed by atoms with van der Waals surface area (Å²) in [5, 5.41) is 2.43. The lowest BCUT2D eigenvalue weighted by molar-refractivity contribution is -0.689. The Balaban J connectivity index is 1.12. The molecule has 2 aliphatic rings. The standard InChI is InChI=1S/C40H28Br2N4/c41-31-7-9-35-33(21-31)29(23-43-35)3-1-25-11-15-45-17-13-27-5-6-28-14-18-46-16-12-26(20-38(46)40(28)39(27)37(45)19-25)2-4-30-24-44-36-10-8-32(42)22-34(30)36/h1-12,15-16,19-24H,13-14,17-18H2/p+2. The number of rotatable bonds is 4. The molecular formula is C40H30Br2N4+2. The molecule has 0 saturated heterocycles. The molecule has 7 aromatic rings. The zero-order valence-corrected chi connectivity index (χ0v) is 28.2. The molecule has 2 N–H and O–H groups in total. The Bertz CT molecular complexity index is 2240. The second-order valence-electron chi connectivity index (χ2n) is 12.2. The summed E-state index contributed by atoms with van der Waals surface area (Å²) in [6.07, 6.45) is 19.7. The third-order valence-corrected chi connectivity index (χ3v) is 10.5. The maximum atomic E-state index is 3.63. The third kappa shape index (κ3) is 4.79. The van der Waals surface area contributed by atoms with Crippen LogP contribution in [0.1, 0.15) is 33.4 Å². The van der Waals surface area contributed by atoms with Crippen LogP contribution in [-0.2, 0) is 25.9 Å². The number of benzene rings is 3. The first-order valence-corrected chi connectivity index (χ1v) is 17.3. The van der Waals surface area contributed by atoms with E-state index >= 15 is 0 Å². The van der Waals surface area contributed by atoms with E-state index in [4.69, 9.17) is 0 Å². The van der Waals surface area contributed by atoms with Crippen LogP contribution in [0.15, 0.2) is 107 Å². The first-order chi connectivity index (χ1) is 22.6. The van der Waals surface area contributed by atoms with Crippen LogP contribution in [0.5, 0.6) is 0 Å². The van der Waals surface area contributed by atoms with Crippen molar-refractivity contribution in [1.29, 1.82) is 0 Å². The molecule has 0 atom stereocenters. The predicted octanol–water partition coefficient (Wildman–Crippen LogP) is 9.54. The Hall–Kier alpha value is -4.52. The van der Waals surface area contributed by atoms with Crippen LogP contribution < -0.4 is 9.13 Å². The number of nitrogens with zero attached hydrogens (tertiary/aromatic N) is 2. The van der Waals surface area contributed by atoms with Crippen LogP contribution in [0.4, 0.5) is 0 Å². The van der Waals surface area contributed by atoms with Gasteiger partial charge in [-0.2, -0.15) is 9.13 Å². The Morgan fingerprint density at radius 3 is 1.50 bits per heavy atom. The zero-order chi connectivity index (χ0) is 30.8. The van der Waals surface area contributed by atoms with Crippen LogP contribution in [0.3, 0.4) is 0 Å². The van der Waals surface area contributed by atoms with Gasteiger partial charge in [-0.1, -0.05) is 68.3 Å². The second kappa shape index (κ2) is 11.1. The van der Waals surface area contributed by atoms with E-state index in [0.717, 1.165) is 45.9 Å². The topological polar surface area (TPSA) is 39.3 Å². The molecule has 0 bridgehead atoms. The number of H-pyrrole nitrogens is 2. The normalized spacial score (nSPS) is 13.8. The second-order valence-corrected chi connectivity index (χ2v) is 14.1. The maximum absolute atomic E-state index is 3.63. The van der Waals surface area contributed by atoms with Gasteiger partial charge >= 0.3 is 0 Å². The number of aryl methyl sites for hydroxylation is 4. The lowest BCUT2D eigenvalue weighted by Crippen LogP contribution is -2.43. The minimum Gasteiger partial charge on any atom is -0.361 e. The summed E-state index contributed by atoms with van der Waals surface area (Å²) >= 11 is 7.26. The van der Waals surface area contributed by atoms with Gasteiger partial charge in [0.1, 0.15) is 0 Å². The average molecular weight is 727 g/mol. The van der Waals surface area contributed by atoms with E-state index < -0.39 is 0 Å². The summed E-state index contributed by atoms with van der Waals surface area (Å²) in [6, 6.07) is 26.7. The summed E-state index contributed by atoms with van der Waals surface area (Å²) < 4.78 is 7.04. The summed E-state index contributed by atoms with van der Waals surface area (Å²) in [5.41, 5.74) is 15.3. The summed E-state index contributed by atoms with van der Waals surface area (Å²) in [4.78, 5) is 6.81. The monoisotopic (exact) mass is 724 g/mol. The van der Waals surface area contributed by atoms with Crippen molar-refractivity contribution >= 4 is 78.0 Å². The van der Waals surface area contributed by atoms with Gasteiger partial charge in [-0.3, -0.25) is 0 Å². The highest BCUT2D eigenvalue weighted by Crippen LogP contribution is 2.40. The number of halogens is 2. The summed E-state index contributed by atoms with van der Waals surface area (Å²) in [6.45, 7) is 1.98. The molecule has 222 valence electrons. The minimum absolute atomic E-state index is 0.991. The number of fused-ring (bicyclic) bond motifs is 9. The minimum atomic E-state index is 0.991. The van der Waals surface area contributed by atoms with E-state index in [1.807, 2.05) is 0 Å². The van der Waals surface area contributed by atoms with Crippen molar-refractivity contribution in [2.24, 2.45) is 0 Å². The van der Waals surface area contributed by atoms with E-state index in [1.165, 1.54) is 66.7 Å². The number of nitrogens with one attached hydrogen (secondary N) is 2. The molecule has 0 aliphatic carbocycles. The van der Waals surface area contributed by atoms with Gasteiger partial charge in [0.15, 0.2) is 25.5 Å². The highest BCUT2D eigenvalue weighted by Gasteiger charge is 2.33. The van der Waals surface area contributed by atoms with Gasteiger partial charge in [-0.15, -0.1) is 0 Å². The Labute approximate surface area is 284 Å². The van der Waals surface area contributed by atoms with Gasteiger partial charge in [0.05, 0.1) is 11.1 Å². The predicted molar refractivity (Wildman–Crippen MR) is 195 cm³/mol. The summed E-state index contributed by atoms with van der Waals surface area (Å²) in [7, 11) is 0.